The highest BCUT2D eigenvalue weighted by Crippen LogP contribution is 2.28. The number of nitro groups is 1. The van der Waals surface area contributed by atoms with E-state index in [1.165, 1.54) is 17.8 Å². The molecule has 1 aromatic carbocycles. The van der Waals surface area contributed by atoms with Crippen molar-refractivity contribution in [1.29, 1.82) is 0 Å². The molecule has 1 fully saturated rings. The van der Waals surface area contributed by atoms with Crippen molar-refractivity contribution >= 4 is 23.4 Å². The molecule has 0 aliphatic carbocycles. The number of amides is 1. The van der Waals surface area contributed by atoms with E-state index in [-0.39, 0.29) is 17.2 Å². The fraction of sp³-hybridized carbons (Fsp3) is 0.562. The van der Waals surface area contributed by atoms with Crippen LogP contribution in [0.1, 0.15) is 29.6 Å². The van der Waals surface area contributed by atoms with Crippen LogP contribution in [0.4, 0.5) is 5.69 Å². The molecule has 1 aliphatic heterocycles. The van der Waals surface area contributed by atoms with Crippen molar-refractivity contribution in [3.63, 3.8) is 0 Å². The zero-order valence-corrected chi connectivity index (χ0v) is 14.4. The number of nitrogens with zero attached hydrogens (tertiary/aromatic N) is 2. The number of nitro benzene ring substituents is 1. The van der Waals surface area contributed by atoms with Crippen LogP contribution >= 0.6 is 11.8 Å². The van der Waals surface area contributed by atoms with E-state index in [1.54, 1.807) is 17.0 Å². The van der Waals surface area contributed by atoms with Crippen molar-refractivity contribution < 1.29 is 9.72 Å². The van der Waals surface area contributed by atoms with E-state index >= 15 is 0 Å². The summed E-state index contributed by atoms with van der Waals surface area (Å²) in [6.07, 6.45) is 4.93. The van der Waals surface area contributed by atoms with Crippen LogP contribution in [-0.4, -0.2) is 48.7 Å². The summed E-state index contributed by atoms with van der Waals surface area (Å²) in [6.45, 7) is 2.33. The predicted molar refractivity (Wildman–Crippen MR) is 92.0 cm³/mol. The van der Waals surface area contributed by atoms with Gasteiger partial charge in [-0.1, -0.05) is 0 Å². The second-order valence-electron chi connectivity index (χ2n) is 5.77. The van der Waals surface area contributed by atoms with Crippen molar-refractivity contribution in [2.24, 2.45) is 5.92 Å². The Bertz CT molecular complexity index is 572. The first-order valence-corrected chi connectivity index (χ1v) is 9.05. The van der Waals surface area contributed by atoms with E-state index in [4.69, 9.17) is 0 Å². The molecule has 0 bridgehead atoms. The number of benzene rings is 1. The Morgan fingerprint density at radius 2 is 2.13 bits per heavy atom. The normalized spacial score (nSPS) is 15.7. The quantitative estimate of drug-likeness (QED) is 0.491. The zero-order valence-electron chi connectivity index (χ0n) is 13.6. The van der Waals surface area contributed by atoms with Gasteiger partial charge < -0.3 is 10.2 Å². The molecular weight excluding hydrogens is 314 g/mol. The van der Waals surface area contributed by atoms with Crippen molar-refractivity contribution in [2.45, 2.75) is 24.2 Å². The molecule has 1 aromatic rings. The lowest BCUT2D eigenvalue weighted by Crippen LogP contribution is -2.39. The maximum atomic E-state index is 12.7. The number of carbonyl (C=O) groups excluding carboxylic acids is 1. The van der Waals surface area contributed by atoms with Gasteiger partial charge in [-0.3, -0.25) is 14.9 Å². The van der Waals surface area contributed by atoms with Crippen molar-refractivity contribution in [2.75, 3.05) is 32.9 Å². The van der Waals surface area contributed by atoms with Crippen molar-refractivity contribution in [3.8, 4) is 0 Å². The summed E-state index contributed by atoms with van der Waals surface area (Å²) in [6, 6.07) is 4.75. The van der Waals surface area contributed by atoms with Crippen LogP contribution in [0.2, 0.25) is 0 Å². The number of thioether (sulfide) groups is 1. The number of nitrogens with one attached hydrogen (secondary N) is 1. The standard InChI is InChI=1S/C16H23N3O3S/c1-17-8-5-12-6-9-18(10-7-12)16(20)14-11-13(23-2)3-4-15(14)19(21)22/h3-4,11-12,17H,5-10H2,1-2H3. The highest BCUT2D eigenvalue weighted by molar-refractivity contribution is 7.98. The average Bonchev–Trinajstić information content (AvgIpc) is 2.59. The summed E-state index contributed by atoms with van der Waals surface area (Å²) in [4.78, 5) is 26.1. The molecule has 0 atom stereocenters. The lowest BCUT2D eigenvalue weighted by atomic mass is 9.93. The monoisotopic (exact) mass is 337 g/mol. The van der Waals surface area contributed by atoms with Crippen LogP contribution in [-0.2, 0) is 0 Å². The second kappa shape index (κ2) is 8.31. The Hall–Kier alpha value is -1.60. The molecule has 1 amide bonds. The largest absolute Gasteiger partial charge is 0.338 e. The zero-order chi connectivity index (χ0) is 16.8. The molecule has 23 heavy (non-hydrogen) atoms. The van der Waals surface area contributed by atoms with E-state index in [0.717, 1.165) is 30.7 Å². The molecule has 0 unspecified atom stereocenters. The van der Waals surface area contributed by atoms with Gasteiger partial charge in [-0.2, -0.15) is 0 Å². The molecule has 7 heteroatoms. The average molecular weight is 337 g/mol. The molecule has 1 aliphatic rings. The molecule has 2 rings (SSSR count). The van der Waals surface area contributed by atoms with Gasteiger partial charge in [0.2, 0.25) is 0 Å². The van der Waals surface area contributed by atoms with Gasteiger partial charge in [-0.15, -0.1) is 11.8 Å². The Morgan fingerprint density at radius 1 is 1.43 bits per heavy atom. The first-order valence-electron chi connectivity index (χ1n) is 7.83. The van der Waals surface area contributed by atoms with Crippen LogP contribution in [0.15, 0.2) is 23.1 Å². The highest BCUT2D eigenvalue weighted by atomic mass is 32.2. The third-order valence-electron chi connectivity index (χ3n) is 4.34. The maximum absolute atomic E-state index is 12.7. The molecule has 0 saturated carbocycles. The molecule has 1 N–H and O–H groups in total. The van der Waals surface area contributed by atoms with Crippen LogP contribution in [0, 0.1) is 16.0 Å². The summed E-state index contributed by atoms with van der Waals surface area (Å²) in [5, 5.41) is 14.3. The number of rotatable bonds is 6. The molecular formula is C16H23N3O3S. The molecule has 0 radical (unpaired) electrons. The van der Waals surface area contributed by atoms with Gasteiger partial charge in [0.25, 0.3) is 11.6 Å². The van der Waals surface area contributed by atoms with Crippen LogP contribution < -0.4 is 5.32 Å². The Balaban J connectivity index is 2.10. The summed E-state index contributed by atoms with van der Waals surface area (Å²) in [7, 11) is 1.94. The van der Waals surface area contributed by atoms with E-state index in [1.807, 2.05) is 13.3 Å². The van der Waals surface area contributed by atoms with Gasteiger partial charge in [-0.25, -0.2) is 0 Å². The number of likely N-dealkylation sites (tertiary alicyclic amines) is 1. The van der Waals surface area contributed by atoms with Crippen LogP contribution in [0.25, 0.3) is 0 Å². The number of carbonyl (C=O) groups is 1. The number of hydrogen-bond acceptors (Lipinski definition) is 5. The Morgan fingerprint density at radius 3 is 2.70 bits per heavy atom. The Labute approximate surface area is 140 Å². The minimum atomic E-state index is -0.475. The van der Waals surface area contributed by atoms with Gasteiger partial charge in [-0.05, 0) is 57.2 Å². The van der Waals surface area contributed by atoms with Gasteiger partial charge in [0, 0.05) is 24.1 Å². The lowest BCUT2D eigenvalue weighted by Gasteiger charge is -2.32. The summed E-state index contributed by atoms with van der Waals surface area (Å²) in [5.74, 6) is 0.402. The smallest absolute Gasteiger partial charge is 0.282 e. The van der Waals surface area contributed by atoms with Crippen LogP contribution in [0.5, 0.6) is 0 Å². The minimum absolute atomic E-state index is 0.106. The van der Waals surface area contributed by atoms with E-state index in [2.05, 4.69) is 5.32 Å². The fourth-order valence-corrected chi connectivity index (χ4v) is 3.36. The number of piperidine rings is 1. The first kappa shape index (κ1) is 17.7. The molecule has 0 aromatic heterocycles. The van der Waals surface area contributed by atoms with Crippen LogP contribution in [0.3, 0.4) is 0 Å². The topological polar surface area (TPSA) is 75.5 Å². The number of hydrogen-bond donors (Lipinski definition) is 1. The van der Waals surface area contributed by atoms with Gasteiger partial charge in [0.15, 0.2) is 0 Å². The van der Waals surface area contributed by atoms with Gasteiger partial charge in [0.1, 0.15) is 5.56 Å². The molecule has 1 heterocycles. The van der Waals surface area contributed by atoms with E-state index < -0.39 is 4.92 Å². The summed E-state index contributed by atoms with van der Waals surface area (Å²) >= 11 is 1.48. The summed E-state index contributed by atoms with van der Waals surface area (Å²) in [5.41, 5.74) is 0.0978. The van der Waals surface area contributed by atoms with Gasteiger partial charge >= 0.3 is 0 Å². The highest BCUT2D eigenvalue weighted by Gasteiger charge is 2.28. The third kappa shape index (κ3) is 4.45. The first-order chi connectivity index (χ1) is 11.1. The third-order valence-corrected chi connectivity index (χ3v) is 5.06. The minimum Gasteiger partial charge on any atom is -0.338 e. The second-order valence-corrected chi connectivity index (χ2v) is 6.65. The van der Waals surface area contributed by atoms with E-state index in [9.17, 15) is 14.9 Å². The molecule has 1 saturated heterocycles. The summed E-state index contributed by atoms with van der Waals surface area (Å²) < 4.78 is 0. The van der Waals surface area contributed by atoms with Crippen molar-refractivity contribution in [1.82, 2.24) is 10.2 Å². The molecule has 126 valence electrons. The van der Waals surface area contributed by atoms with E-state index in [0.29, 0.717) is 19.0 Å². The Kier molecular flexibility index (Phi) is 6.41. The molecule has 6 nitrogen and oxygen atoms in total. The predicted octanol–water partition coefficient (Wildman–Crippen LogP) is 2.78. The lowest BCUT2D eigenvalue weighted by molar-refractivity contribution is -0.385. The maximum Gasteiger partial charge on any atom is 0.282 e. The molecule has 0 spiro atoms. The van der Waals surface area contributed by atoms with Gasteiger partial charge in [0.05, 0.1) is 4.92 Å². The fourth-order valence-electron chi connectivity index (χ4n) is 2.92. The SMILES string of the molecule is CNCCC1CCN(C(=O)c2cc(SC)ccc2[N+](=O)[O-])CC1. The van der Waals surface area contributed by atoms with Crippen molar-refractivity contribution in [3.05, 3.63) is 33.9 Å².